The number of hydrogen-bond acceptors (Lipinski definition) is 6. The Morgan fingerprint density at radius 3 is 2.35 bits per heavy atom. The normalized spacial score (nSPS) is 11.1. The van der Waals surface area contributed by atoms with Crippen LogP contribution in [0.2, 0.25) is 0 Å². The molecule has 254 valence electrons. The van der Waals surface area contributed by atoms with Gasteiger partial charge in [0.25, 0.3) is 11.8 Å². The highest BCUT2D eigenvalue weighted by atomic mass is 16.5. The van der Waals surface area contributed by atoms with Crippen molar-refractivity contribution >= 4 is 73.6 Å². The Labute approximate surface area is 291 Å². The summed E-state index contributed by atoms with van der Waals surface area (Å²) in [5.41, 5.74) is 4.66. The molecule has 2 heterocycles. The molecule has 51 heavy (non-hydrogen) atoms. The first kappa shape index (κ1) is 32.7. The zero-order chi connectivity index (χ0) is 35.3. The average Bonchev–Trinajstić information content (AvgIpc) is 3.77. The minimum absolute atomic E-state index is 0.00934. The first-order valence-electron chi connectivity index (χ1n) is 16.3. The molecule has 0 aliphatic carbocycles. The van der Waals surface area contributed by atoms with Crippen LogP contribution in [-0.4, -0.2) is 34.0 Å². The Balaban J connectivity index is 1.12. The molecule has 5 aromatic carbocycles. The molecule has 0 fully saturated rings. The number of furan rings is 1. The Hall–Kier alpha value is -6.88. The number of aryl methyl sites for hydroxylation is 1. The highest BCUT2D eigenvalue weighted by Gasteiger charge is 2.18. The lowest BCUT2D eigenvalue weighted by Crippen LogP contribution is -2.16. The van der Waals surface area contributed by atoms with Crippen LogP contribution in [0.1, 0.15) is 45.0 Å². The van der Waals surface area contributed by atoms with Gasteiger partial charge in [-0.25, -0.2) is 4.79 Å². The van der Waals surface area contributed by atoms with E-state index >= 15 is 0 Å². The summed E-state index contributed by atoms with van der Waals surface area (Å²) < 4.78 is 11.1. The maximum absolute atomic E-state index is 13.7. The Morgan fingerprint density at radius 1 is 0.725 bits per heavy atom. The van der Waals surface area contributed by atoms with E-state index in [-0.39, 0.29) is 24.5 Å². The molecule has 0 spiro atoms. The van der Waals surface area contributed by atoms with E-state index in [2.05, 4.69) is 20.9 Å². The minimum atomic E-state index is -0.884. The predicted octanol–water partition coefficient (Wildman–Crippen LogP) is 8.73. The van der Waals surface area contributed by atoms with Crippen molar-refractivity contribution in [3.63, 3.8) is 0 Å². The second kappa shape index (κ2) is 14.3. The lowest BCUT2D eigenvalue weighted by atomic mass is 9.97. The molecule has 3 amide bonds. The van der Waals surface area contributed by atoms with Gasteiger partial charge in [-0.05, 0) is 77.9 Å². The summed E-state index contributed by atoms with van der Waals surface area (Å²) in [6, 6.07) is 34.2. The van der Waals surface area contributed by atoms with Crippen LogP contribution in [0.3, 0.4) is 0 Å². The largest absolute Gasteiger partial charge is 0.481 e. The monoisotopic (exact) mass is 680 g/mol. The van der Waals surface area contributed by atoms with E-state index in [1.165, 1.54) is 0 Å². The quantitative estimate of drug-likeness (QED) is 0.0912. The number of para-hydroxylation sites is 1. The van der Waals surface area contributed by atoms with Gasteiger partial charge in [-0.2, -0.15) is 0 Å². The van der Waals surface area contributed by atoms with Gasteiger partial charge in [0, 0.05) is 33.8 Å². The van der Waals surface area contributed by atoms with E-state index in [1.807, 2.05) is 60.7 Å². The SMILES string of the molecule is O=C(O)CCCc1ccc(NC(=O)OCc2ccccc2)c2c(NC(=O)c3cc4cc(NC(=O)c5cc6ccccc6o5)ccc4[nH]3)cccc12. The molecule has 0 unspecified atom stereocenters. The van der Waals surface area contributed by atoms with Crippen LogP contribution in [0.25, 0.3) is 32.6 Å². The zero-order valence-corrected chi connectivity index (χ0v) is 27.2. The van der Waals surface area contributed by atoms with E-state index < -0.39 is 23.9 Å². The third kappa shape index (κ3) is 7.42. The van der Waals surface area contributed by atoms with Crippen molar-refractivity contribution < 1.29 is 33.4 Å². The number of benzene rings is 5. The van der Waals surface area contributed by atoms with Gasteiger partial charge in [0.2, 0.25) is 0 Å². The molecule has 2 aromatic heterocycles. The Kier molecular flexibility index (Phi) is 9.16. The second-order valence-electron chi connectivity index (χ2n) is 12.0. The molecule has 7 aromatic rings. The number of anilines is 3. The summed E-state index contributed by atoms with van der Waals surface area (Å²) in [5.74, 6) is -1.53. The van der Waals surface area contributed by atoms with Gasteiger partial charge in [-0.15, -0.1) is 0 Å². The second-order valence-corrected chi connectivity index (χ2v) is 12.0. The van der Waals surface area contributed by atoms with Gasteiger partial charge < -0.3 is 29.9 Å². The summed E-state index contributed by atoms with van der Waals surface area (Å²) in [7, 11) is 0. The van der Waals surface area contributed by atoms with Crippen LogP contribution >= 0.6 is 0 Å². The van der Waals surface area contributed by atoms with Crippen molar-refractivity contribution in [3.8, 4) is 0 Å². The number of nitrogens with one attached hydrogen (secondary N) is 4. The standard InChI is InChI=1S/C40H32N4O7/c45-36(46)15-6-11-25-16-18-32(44-40(49)50-23-24-8-2-1-3-9-24)37-29(25)12-7-13-31(37)43-38(47)33-21-27-20-28(17-19-30(27)42-33)41-39(48)35-22-26-10-4-5-14-34(26)51-35/h1-5,7-10,12-14,16-22,42H,6,11,15,23H2,(H,41,48)(H,43,47)(H,44,49)(H,45,46). The minimum Gasteiger partial charge on any atom is -0.481 e. The van der Waals surface area contributed by atoms with E-state index in [0.29, 0.717) is 51.8 Å². The van der Waals surface area contributed by atoms with Crippen LogP contribution in [0.5, 0.6) is 0 Å². The molecule has 0 aliphatic rings. The average molecular weight is 681 g/mol. The topological polar surface area (TPSA) is 163 Å². The van der Waals surface area contributed by atoms with Crippen molar-refractivity contribution in [2.24, 2.45) is 0 Å². The summed E-state index contributed by atoms with van der Waals surface area (Å²) in [6.07, 6.45) is 0.243. The molecule has 0 aliphatic heterocycles. The first-order valence-corrected chi connectivity index (χ1v) is 16.3. The molecule has 0 atom stereocenters. The molecule has 0 saturated heterocycles. The maximum atomic E-state index is 13.7. The van der Waals surface area contributed by atoms with E-state index in [0.717, 1.165) is 21.9 Å². The number of amides is 3. The fourth-order valence-corrected chi connectivity index (χ4v) is 6.00. The third-order valence-electron chi connectivity index (χ3n) is 8.44. The van der Waals surface area contributed by atoms with Crippen LogP contribution in [-0.2, 0) is 22.6 Å². The van der Waals surface area contributed by atoms with E-state index in [9.17, 15) is 24.3 Å². The number of rotatable bonds is 11. The molecule has 7 rings (SSSR count). The molecule has 5 N–H and O–H groups in total. The van der Waals surface area contributed by atoms with Gasteiger partial charge in [0.05, 0.1) is 11.4 Å². The smallest absolute Gasteiger partial charge is 0.411 e. The maximum Gasteiger partial charge on any atom is 0.411 e. The van der Waals surface area contributed by atoms with Crippen LogP contribution < -0.4 is 16.0 Å². The summed E-state index contributed by atoms with van der Waals surface area (Å²) >= 11 is 0. The lowest BCUT2D eigenvalue weighted by molar-refractivity contribution is -0.137. The van der Waals surface area contributed by atoms with E-state index in [1.54, 1.807) is 54.6 Å². The summed E-state index contributed by atoms with van der Waals surface area (Å²) in [4.78, 5) is 53.8. The third-order valence-corrected chi connectivity index (χ3v) is 8.44. The molecule has 11 nitrogen and oxygen atoms in total. The predicted molar refractivity (Wildman–Crippen MR) is 195 cm³/mol. The number of aromatic nitrogens is 1. The number of carbonyl (C=O) groups is 4. The number of carbonyl (C=O) groups excluding carboxylic acids is 3. The van der Waals surface area contributed by atoms with Crippen molar-refractivity contribution in [2.45, 2.75) is 25.9 Å². The number of fused-ring (bicyclic) bond motifs is 3. The fourth-order valence-electron chi connectivity index (χ4n) is 6.00. The Morgan fingerprint density at radius 2 is 1.53 bits per heavy atom. The number of carboxylic acid groups (broad SMARTS) is 1. The molecule has 0 radical (unpaired) electrons. The van der Waals surface area contributed by atoms with Crippen LogP contribution in [0.4, 0.5) is 21.9 Å². The summed E-state index contributed by atoms with van der Waals surface area (Å²) in [6.45, 7) is 0.0765. The molecular formula is C40H32N4O7. The number of ether oxygens (including phenoxy) is 1. The lowest BCUT2D eigenvalue weighted by Gasteiger charge is -2.16. The van der Waals surface area contributed by atoms with Crippen molar-refractivity contribution in [3.05, 3.63) is 138 Å². The van der Waals surface area contributed by atoms with Crippen molar-refractivity contribution in [1.29, 1.82) is 0 Å². The van der Waals surface area contributed by atoms with Gasteiger partial charge in [-0.1, -0.05) is 66.7 Å². The van der Waals surface area contributed by atoms with Crippen molar-refractivity contribution in [2.75, 3.05) is 16.0 Å². The summed E-state index contributed by atoms with van der Waals surface area (Å²) in [5, 5.41) is 20.7. The molecule has 0 saturated carbocycles. The number of hydrogen-bond donors (Lipinski definition) is 5. The number of aromatic amines is 1. The van der Waals surface area contributed by atoms with Gasteiger partial charge in [0.15, 0.2) is 5.76 Å². The first-order chi connectivity index (χ1) is 24.8. The van der Waals surface area contributed by atoms with Gasteiger partial charge >= 0.3 is 12.1 Å². The van der Waals surface area contributed by atoms with Crippen LogP contribution in [0.15, 0.2) is 120 Å². The van der Waals surface area contributed by atoms with Gasteiger partial charge in [-0.3, -0.25) is 19.7 Å². The van der Waals surface area contributed by atoms with Crippen LogP contribution in [0, 0.1) is 0 Å². The fraction of sp³-hybridized carbons (Fsp3) is 0.100. The Bertz CT molecular complexity index is 2400. The molecule has 11 heteroatoms. The van der Waals surface area contributed by atoms with E-state index in [4.69, 9.17) is 9.15 Å². The highest BCUT2D eigenvalue weighted by Crippen LogP contribution is 2.35. The number of aliphatic carboxylic acids is 1. The van der Waals surface area contributed by atoms with Gasteiger partial charge in [0.1, 0.15) is 17.9 Å². The zero-order valence-electron chi connectivity index (χ0n) is 27.2. The molecular weight excluding hydrogens is 648 g/mol. The molecule has 0 bridgehead atoms. The number of carboxylic acids is 1. The van der Waals surface area contributed by atoms with Crippen molar-refractivity contribution in [1.82, 2.24) is 4.98 Å². The highest BCUT2D eigenvalue weighted by molar-refractivity contribution is 6.15. The number of H-pyrrole nitrogens is 1.